The summed E-state index contributed by atoms with van der Waals surface area (Å²) < 4.78 is 11.1. The summed E-state index contributed by atoms with van der Waals surface area (Å²) in [5.74, 6) is 1.48. The third-order valence-corrected chi connectivity index (χ3v) is 4.66. The molecule has 2 N–H and O–H groups in total. The molecule has 1 unspecified atom stereocenters. The summed E-state index contributed by atoms with van der Waals surface area (Å²) >= 11 is 0. The molecule has 0 aromatic heterocycles. The smallest absolute Gasteiger partial charge is 0.315 e. The molecule has 1 aliphatic rings. The van der Waals surface area contributed by atoms with E-state index in [1.807, 2.05) is 43.3 Å². The van der Waals surface area contributed by atoms with Gasteiger partial charge in [0.2, 0.25) is 0 Å². The van der Waals surface area contributed by atoms with Gasteiger partial charge in [0.1, 0.15) is 13.2 Å². The van der Waals surface area contributed by atoms with Crippen molar-refractivity contribution in [3.8, 4) is 11.5 Å². The lowest BCUT2D eigenvalue weighted by atomic mass is 9.85. The molecule has 2 aromatic carbocycles. The standard InChI is InChI=1S/C21H26N2O3/c1-15(16-9-10-18-19(13-16)26-12-11-25-18)23-20(24)22-14-21(2,3)17-7-5-4-6-8-17/h4-10,13,15H,11-12,14H2,1-3H3,(H2,22,23,24). The van der Waals surface area contributed by atoms with Crippen LogP contribution in [0.2, 0.25) is 0 Å². The van der Waals surface area contributed by atoms with Gasteiger partial charge in [0.15, 0.2) is 11.5 Å². The molecular weight excluding hydrogens is 328 g/mol. The van der Waals surface area contributed by atoms with Gasteiger partial charge in [-0.1, -0.05) is 50.2 Å². The van der Waals surface area contributed by atoms with Crippen molar-refractivity contribution in [3.05, 3.63) is 59.7 Å². The lowest BCUT2D eigenvalue weighted by Crippen LogP contribution is -2.43. The average molecular weight is 354 g/mol. The fourth-order valence-corrected chi connectivity index (χ4v) is 2.95. The number of rotatable bonds is 5. The van der Waals surface area contributed by atoms with Gasteiger partial charge in [-0.2, -0.15) is 0 Å². The normalized spacial score (nSPS) is 14.4. The first kappa shape index (κ1) is 18.1. The summed E-state index contributed by atoms with van der Waals surface area (Å²) in [6, 6.07) is 15.6. The first-order valence-corrected chi connectivity index (χ1v) is 8.95. The number of hydrogen-bond acceptors (Lipinski definition) is 3. The third kappa shape index (κ3) is 4.28. The van der Waals surface area contributed by atoms with Crippen LogP contribution in [0.1, 0.15) is 37.9 Å². The predicted molar refractivity (Wildman–Crippen MR) is 102 cm³/mol. The highest BCUT2D eigenvalue weighted by molar-refractivity contribution is 5.74. The highest BCUT2D eigenvalue weighted by atomic mass is 16.6. The van der Waals surface area contributed by atoms with Crippen molar-refractivity contribution in [1.29, 1.82) is 0 Å². The Kier molecular flexibility index (Phi) is 5.35. The van der Waals surface area contributed by atoms with E-state index in [0.717, 1.165) is 17.1 Å². The van der Waals surface area contributed by atoms with Crippen LogP contribution in [0.5, 0.6) is 11.5 Å². The first-order chi connectivity index (χ1) is 12.5. The Labute approximate surface area is 154 Å². The molecule has 0 aliphatic carbocycles. The molecule has 1 atom stereocenters. The Morgan fingerprint density at radius 2 is 1.77 bits per heavy atom. The Morgan fingerprint density at radius 1 is 1.08 bits per heavy atom. The van der Waals surface area contributed by atoms with Crippen LogP contribution in [-0.4, -0.2) is 25.8 Å². The monoisotopic (exact) mass is 354 g/mol. The molecule has 5 heteroatoms. The molecule has 0 saturated heterocycles. The van der Waals surface area contributed by atoms with Crippen molar-refractivity contribution in [2.24, 2.45) is 0 Å². The van der Waals surface area contributed by atoms with Crippen molar-refractivity contribution >= 4 is 6.03 Å². The van der Waals surface area contributed by atoms with Crippen LogP contribution in [0.15, 0.2) is 48.5 Å². The van der Waals surface area contributed by atoms with Gasteiger partial charge in [0.05, 0.1) is 6.04 Å². The maximum absolute atomic E-state index is 12.3. The van der Waals surface area contributed by atoms with E-state index in [1.54, 1.807) is 0 Å². The maximum Gasteiger partial charge on any atom is 0.315 e. The summed E-state index contributed by atoms with van der Waals surface area (Å²) in [5, 5.41) is 5.96. The van der Waals surface area contributed by atoms with Crippen LogP contribution in [0.25, 0.3) is 0 Å². The zero-order valence-electron chi connectivity index (χ0n) is 15.5. The average Bonchev–Trinajstić information content (AvgIpc) is 2.67. The van der Waals surface area contributed by atoms with Crippen LogP contribution in [0, 0.1) is 0 Å². The molecule has 0 saturated carbocycles. The highest BCUT2D eigenvalue weighted by Gasteiger charge is 2.22. The zero-order valence-corrected chi connectivity index (χ0v) is 15.5. The fraction of sp³-hybridized carbons (Fsp3) is 0.381. The van der Waals surface area contributed by atoms with Crippen LogP contribution in [-0.2, 0) is 5.41 Å². The number of amides is 2. The summed E-state index contributed by atoms with van der Waals surface area (Å²) in [7, 11) is 0. The lowest BCUT2D eigenvalue weighted by Gasteiger charge is -2.26. The van der Waals surface area contributed by atoms with Gasteiger partial charge in [-0.05, 0) is 30.2 Å². The summed E-state index contributed by atoms with van der Waals surface area (Å²) in [6.07, 6.45) is 0. The summed E-state index contributed by atoms with van der Waals surface area (Å²) in [4.78, 5) is 12.3. The topological polar surface area (TPSA) is 59.6 Å². The van der Waals surface area contributed by atoms with Crippen LogP contribution in [0.3, 0.4) is 0 Å². The minimum absolute atomic E-state index is 0.134. The minimum Gasteiger partial charge on any atom is -0.486 e. The lowest BCUT2D eigenvalue weighted by molar-refractivity contribution is 0.171. The van der Waals surface area contributed by atoms with E-state index in [0.29, 0.717) is 19.8 Å². The molecule has 138 valence electrons. The van der Waals surface area contributed by atoms with Gasteiger partial charge < -0.3 is 20.1 Å². The zero-order chi connectivity index (χ0) is 18.6. The molecule has 1 aliphatic heterocycles. The second kappa shape index (κ2) is 7.68. The Bertz CT molecular complexity index is 759. The molecule has 0 radical (unpaired) electrons. The van der Waals surface area contributed by atoms with Crippen LogP contribution in [0.4, 0.5) is 4.79 Å². The van der Waals surface area contributed by atoms with E-state index in [9.17, 15) is 4.79 Å². The first-order valence-electron chi connectivity index (χ1n) is 8.95. The molecule has 1 heterocycles. The molecule has 2 aromatic rings. The number of fused-ring (bicyclic) bond motifs is 1. The number of carbonyl (C=O) groups excluding carboxylic acids is 1. The van der Waals surface area contributed by atoms with Gasteiger partial charge in [-0.25, -0.2) is 4.79 Å². The fourth-order valence-electron chi connectivity index (χ4n) is 2.95. The van der Waals surface area contributed by atoms with Crippen molar-refractivity contribution < 1.29 is 14.3 Å². The van der Waals surface area contributed by atoms with E-state index in [2.05, 4.69) is 36.6 Å². The minimum atomic E-state index is -0.184. The second-order valence-electron chi connectivity index (χ2n) is 7.20. The molecule has 0 spiro atoms. The quantitative estimate of drug-likeness (QED) is 0.859. The van der Waals surface area contributed by atoms with E-state index in [1.165, 1.54) is 5.56 Å². The molecule has 5 nitrogen and oxygen atoms in total. The Morgan fingerprint density at radius 3 is 2.50 bits per heavy atom. The van der Waals surface area contributed by atoms with Crippen molar-refractivity contribution in [3.63, 3.8) is 0 Å². The summed E-state index contributed by atoms with van der Waals surface area (Å²) in [5.41, 5.74) is 2.03. The largest absolute Gasteiger partial charge is 0.486 e. The van der Waals surface area contributed by atoms with Crippen molar-refractivity contribution in [2.45, 2.75) is 32.2 Å². The van der Waals surface area contributed by atoms with Crippen molar-refractivity contribution in [1.82, 2.24) is 10.6 Å². The van der Waals surface area contributed by atoms with Gasteiger partial charge in [0.25, 0.3) is 0 Å². The molecular formula is C21H26N2O3. The van der Waals surface area contributed by atoms with Gasteiger partial charge in [-0.15, -0.1) is 0 Å². The number of nitrogens with one attached hydrogen (secondary N) is 2. The Hall–Kier alpha value is -2.69. The number of urea groups is 1. The Balaban J connectivity index is 1.56. The number of carbonyl (C=O) groups is 1. The third-order valence-electron chi connectivity index (χ3n) is 4.66. The second-order valence-corrected chi connectivity index (χ2v) is 7.20. The molecule has 3 rings (SSSR count). The molecule has 0 bridgehead atoms. The van der Waals surface area contributed by atoms with Gasteiger partial charge >= 0.3 is 6.03 Å². The number of hydrogen-bond donors (Lipinski definition) is 2. The van der Waals surface area contributed by atoms with E-state index >= 15 is 0 Å². The van der Waals surface area contributed by atoms with Crippen LogP contribution >= 0.6 is 0 Å². The van der Waals surface area contributed by atoms with Gasteiger partial charge in [0, 0.05) is 12.0 Å². The molecule has 0 fully saturated rings. The van der Waals surface area contributed by atoms with Crippen molar-refractivity contribution in [2.75, 3.05) is 19.8 Å². The van der Waals surface area contributed by atoms with E-state index < -0.39 is 0 Å². The highest BCUT2D eigenvalue weighted by Crippen LogP contribution is 2.32. The van der Waals surface area contributed by atoms with Crippen LogP contribution < -0.4 is 20.1 Å². The molecule has 26 heavy (non-hydrogen) atoms. The summed E-state index contributed by atoms with van der Waals surface area (Å²) in [6.45, 7) is 7.86. The molecule has 2 amide bonds. The van der Waals surface area contributed by atoms with E-state index in [4.69, 9.17) is 9.47 Å². The maximum atomic E-state index is 12.3. The SMILES string of the molecule is CC(NC(=O)NCC(C)(C)c1ccccc1)c1ccc2c(c1)OCCO2. The van der Waals surface area contributed by atoms with E-state index in [-0.39, 0.29) is 17.5 Å². The van der Waals surface area contributed by atoms with Gasteiger partial charge in [-0.3, -0.25) is 0 Å². The number of ether oxygens (including phenoxy) is 2. The predicted octanol–water partition coefficient (Wildman–Crippen LogP) is 3.80. The number of benzene rings is 2.